The monoisotopic (exact) mass is 259 g/mol. The lowest BCUT2D eigenvalue weighted by molar-refractivity contribution is -0.143. The second-order valence-electron chi connectivity index (χ2n) is 4.62. The number of nitrogens with zero attached hydrogens (tertiary/aromatic N) is 2. The summed E-state index contributed by atoms with van der Waals surface area (Å²) < 4.78 is 36.7. The van der Waals surface area contributed by atoms with Gasteiger partial charge in [0.05, 0.1) is 6.54 Å². The first-order valence-corrected chi connectivity index (χ1v) is 5.96. The fourth-order valence-corrected chi connectivity index (χ4v) is 2.21. The molecule has 1 aromatic rings. The largest absolute Gasteiger partial charge is 0.401 e. The Bertz CT molecular complexity index is 367. The van der Waals surface area contributed by atoms with Crippen LogP contribution in [0.3, 0.4) is 0 Å². The second kappa shape index (κ2) is 5.56. The van der Waals surface area contributed by atoms with E-state index in [0.717, 1.165) is 12.1 Å². The van der Waals surface area contributed by atoms with Crippen LogP contribution in [0.15, 0.2) is 24.5 Å². The van der Waals surface area contributed by atoms with Crippen molar-refractivity contribution < 1.29 is 13.2 Å². The summed E-state index contributed by atoms with van der Waals surface area (Å²) in [5.74, 6) is 0.278. The van der Waals surface area contributed by atoms with E-state index in [4.69, 9.17) is 0 Å². The molecule has 1 aliphatic heterocycles. The molecule has 100 valence electrons. The zero-order valence-electron chi connectivity index (χ0n) is 9.95. The van der Waals surface area contributed by atoms with Gasteiger partial charge in [0, 0.05) is 31.2 Å². The van der Waals surface area contributed by atoms with Crippen LogP contribution < -0.4 is 5.32 Å². The van der Waals surface area contributed by atoms with Crippen LogP contribution in [0.2, 0.25) is 0 Å². The lowest BCUT2D eigenvalue weighted by atomic mass is 10.1. The van der Waals surface area contributed by atoms with Crippen LogP contribution in [0.5, 0.6) is 0 Å². The van der Waals surface area contributed by atoms with Gasteiger partial charge in [-0.25, -0.2) is 0 Å². The Kier molecular flexibility index (Phi) is 4.06. The van der Waals surface area contributed by atoms with Gasteiger partial charge in [-0.1, -0.05) is 0 Å². The molecule has 1 fully saturated rings. The zero-order valence-corrected chi connectivity index (χ0v) is 9.95. The van der Waals surface area contributed by atoms with Crippen LogP contribution in [0, 0.1) is 5.92 Å². The minimum atomic E-state index is -4.09. The summed E-state index contributed by atoms with van der Waals surface area (Å²) in [4.78, 5) is 5.38. The van der Waals surface area contributed by atoms with Crippen molar-refractivity contribution >= 4 is 5.69 Å². The highest BCUT2D eigenvalue weighted by atomic mass is 19.4. The number of aromatic nitrogens is 1. The van der Waals surface area contributed by atoms with Crippen LogP contribution in [-0.4, -0.2) is 42.2 Å². The van der Waals surface area contributed by atoms with E-state index in [-0.39, 0.29) is 5.92 Å². The molecule has 1 atom stereocenters. The number of alkyl halides is 3. The van der Waals surface area contributed by atoms with E-state index in [1.807, 2.05) is 12.1 Å². The topological polar surface area (TPSA) is 28.2 Å². The molecule has 1 saturated heterocycles. The number of hydrogen-bond donors (Lipinski definition) is 1. The van der Waals surface area contributed by atoms with Crippen molar-refractivity contribution in [3.05, 3.63) is 24.5 Å². The molecule has 2 heterocycles. The maximum Gasteiger partial charge on any atom is 0.401 e. The van der Waals surface area contributed by atoms with Crippen molar-refractivity contribution in [2.75, 3.05) is 31.5 Å². The Labute approximate surface area is 104 Å². The molecule has 6 heteroatoms. The van der Waals surface area contributed by atoms with Gasteiger partial charge in [0.25, 0.3) is 0 Å². The first-order chi connectivity index (χ1) is 8.53. The molecule has 0 bridgehead atoms. The second-order valence-corrected chi connectivity index (χ2v) is 4.62. The molecule has 0 radical (unpaired) electrons. The predicted octanol–water partition coefficient (Wildman–Crippen LogP) is 2.38. The van der Waals surface area contributed by atoms with Crippen molar-refractivity contribution in [2.45, 2.75) is 12.6 Å². The Morgan fingerprint density at radius 1 is 1.33 bits per heavy atom. The third-order valence-corrected chi connectivity index (χ3v) is 3.05. The highest BCUT2D eigenvalue weighted by Crippen LogP contribution is 2.22. The minimum absolute atomic E-state index is 0.278. The molecular formula is C12H16F3N3. The van der Waals surface area contributed by atoms with Crippen LogP contribution in [0.4, 0.5) is 18.9 Å². The maximum atomic E-state index is 12.2. The molecule has 2 rings (SSSR count). The Balaban J connectivity index is 1.73. The van der Waals surface area contributed by atoms with Crippen molar-refractivity contribution in [3.63, 3.8) is 0 Å². The first-order valence-electron chi connectivity index (χ1n) is 5.96. The molecule has 1 unspecified atom stereocenters. The average molecular weight is 259 g/mol. The van der Waals surface area contributed by atoms with E-state index in [0.29, 0.717) is 19.6 Å². The van der Waals surface area contributed by atoms with E-state index in [2.05, 4.69) is 10.3 Å². The van der Waals surface area contributed by atoms with Crippen LogP contribution in [0.1, 0.15) is 6.42 Å². The van der Waals surface area contributed by atoms with Gasteiger partial charge in [-0.05, 0) is 31.0 Å². The molecule has 1 N–H and O–H groups in total. The van der Waals surface area contributed by atoms with Crippen LogP contribution >= 0.6 is 0 Å². The molecule has 1 aromatic heterocycles. The van der Waals surface area contributed by atoms with Crippen LogP contribution in [-0.2, 0) is 0 Å². The molecule has 18 heavy (non-hydrogen) atoms. The Morgan fingerprint density at radius 2 is 2.06 bits per heavy atom. The van der Waals surface area contributed by atoms with Gasteiger partial charge in [-0.15, -0.1) is 0 Å². The first kappa shape index (κ1) is 13.1. The fourth-order valence-electron chi connectivity index (χ4n) is 2.21. The van der Waals surface area contributed by atoms with Gasteiger partial charge < -0.3 is 5.32 Å². The minimum Gasteiger partial charge on any atom is -0.385 e. The molecular weight excluding hydrogens is 243 g/mol. The van der Waals surface area contributed by atoms with Gasteiger partial charge in [0.15, 0.2) is 0 Å². The summed E-state index contributed by atoms with van der Waals surface area (Å²) in [7, 11) is 0. The van der Waals surface area contributed by atoms with E-state index in [9.17, 15) is 13.2 Å². The van der Waals surface area contributed by atoms with Crippen molar-refractivity contribution in [1.82, 2.24) is 9.88 Å². The fraction of sp³-hybridized carbons (Fsp3) is 0.583. The lowest BCUT2D eigenvalue weighted by Crippen LogP contribution is -2.33. The maximum absolute atomic E-state index is 12.2. The normalized spacial score (nSPS) is 21.2. The number of anilines is 1. The summed E-state index contributed by atoms with van der Waals surface area (Å²) in [5.41, 5.74) is 0.958. The smallest absolute Gasteiger partial charge is 0.385 e. The van der Waals surface area contributed by atoms with Crippen molar-refractivity contribution in [3.8, 4) is 0 Å². The summed E-state index contributed by atoms with van der Waals surface area (Å²) in [6, 6.07) is 3.70. The average Bonchev–Trinajstić information content (AvgIpc) is 2.73. The SMILES string of the molecule is FC(F)(F)CN1CCC(CNc2ccncc2)C1. The Morgan fingerprint density at radius 3 is 2.72 bits per heavy atom. The number of pyridine rings is 1. The van der Waals surface area contributed by atoms with Gasteiger partial charge in [0.1, 0.15) is 0 Å². The predicted molar refractivity (Wildman–Crippen MR) is 63.3 cm³/mol. The van der Waals surface area contributed by atoms with E-state index < -0.39 is 12.7 Å². The number of rotatable bonds is 4. The number of likely N-dealkylation sites (tertiary alicyclic amines) is 1. The third-order valence-electron chi connectivity index (χ3n) is 3.05. The molecule has 3 nitrogen and oxygen atoms in total. The van der Waals surface area contributed by atoms with E-state index in [1.54, 1.807) is 12.4 Å². The van der Waals surface area contributed by atoms with Crippen molar-refractivity contribution in [2.24, 2.45) is 5.92 Å². The summed E-state index contributed by atoms with van der Waals surface area (Å²) in [5, 5.41) is 3.22. The quantitative estimate of drug-likeness (QED) is 0.899. The molecule has 0 aliphatic carbocycles. The van der Waals surface area contributed by atoms with Gasteiger partial charge in [0.2, 0.25) is 0 Å². The lowest BCUT2D eigenvalue weighted by Gasteiger charge is -2.18. The van der Waals surface area contributed by atoms with Gasteiger partial charge in [-0.2, -0.15) is 13.2 Å². The third kappa shape index (κ3) is 4.18. The molecule has 1 aliphatic rings. The standard InChI is InChI=1S/C12H16F3N3/c13-12(14,15)9-18-6-3-10(8-18)7-17-11-1-4-16-5-2-11/h1-2,4-5,10H,3,6-9H2,(H,16,17). The van der Waals surface area contributed by atoms with E-state index >= 15 is 0 Å². The Hall–Kier alpha value is -1.30. The van der Waals surface area contributed by atoms with Gasteiger partial charge in [-0.3, -0.25) is 9.88 Å². The number of hydrogen-bond acceptors (Lipinski definition) is 3. The highest BCUT2D eigenvalue weighted by Gasteiger charge is 2.34. The molecule has 0 saturated carbocycles. The summed E-state index contributed by atoms with van der Waals surface area (Å²) >= 11 is 0. The van der Waals surface area contributed by atoms with Gasteiger partial charge >= 0.3 is 6.18 Å². The summed E-state index contributed by atoms with van der Waals surface area (Å²) in [6.45, 7) is 0.955. The summed E-state index contributed by atoms with van der Waals surface area (Å²) in [6.07, 6.45) is 0.0987. The molecule has 0 aromatic carbocycles. The van der Waals surface area contributed by atoms with Crippen molar-refractivity contribution in [1.29, 1.82) is 0 Å². The molecule has 0 amide bonds. The van der Waals surface area contributed by atoms with Crippen LogP contribution in [0.25, 0.3) is 0 Å². The number of halogens is 3. The number of nitrogens with one attached hydrogen (secondary N) is 1. The molecule has 0 spiro atoms. The zero-order chi connectivity index (χ0) is 13.0. The van der Waals surface area contributed by atoms with E-state index in [1.165, 1.54) is 4.90 Å². The highest BCUT2D eigenvalue weighted by molar-refractivity contribution is 5.40.